The zero-order chi connectivity index (χ0) is 28.8. The van der Waals surface area contributed by atoms with Gasteiger partial charge in [-0.25, -0.2) is 0 Å². The Kier molecular flexibility index (Phi) is 13.4. The molecule has 3 aliphatic carbocycles. The second kappa shape index (κ2) is 14.9. The molecular formula is C42H66. The van der Waals surface area contributed by atoms with Crippen LogP contribution in [0.15, 0.2) is 36.4 Å². The standard InChI is InChI=1S/3C13H18.3CH4/c1-8-5-12-6-10(3)11(4)13(12)7-9(8)2;1-8-5-6-12-11(4)9(2)7-13(12)10(8)3;1-8-5-6-12-7-9(2)11(4)13(12)10(8)3;;;/h5,7,10-11H,6H2,1-4H3;2*5-6,9,11H,7H2,1-4H3;3*1H4/t10-,11-;2*9-,11-;;;/m010.../s1. The second-order valence-corrected chi connectivity index (χ2v) is 13.7. The monoisotopic (exact) mass is 571 g/mol. The molecule has 0 heterocycles. The molecule has 234 valence electrons. The van der Waals surface area contributed by atoms with E-state index in [2.05, 4.69) is 119 Å². The summed E-state index contributed by atoms with van der Waals surface area (Å²) in [4.78, 5) is 0. The zero-order valence-corrected chi connectivity index (χ0v) is 27.0. The Morgan fingerprint density at radius 3 is 1.57 bits per heavy atom. The largest absolute Gasteiger partial charge is 0.0776 e. The van der Waals surface area contributed by atoms with Crippen molar-refractivity contribution < 1.29 is 0 Å². The molecule has 3 aliphatic rings. The normalized spacial score (nSPS) is 24.3. The van der Waals surface area contributed by atoms with Crippen LogP contribution in [0.1, 0.15) is 148 Å². The van der Waals surface area contributed by atoms with E-state index >= 15 is 0 Å². The maximum atomic E-state index is 2.39. The molecule has 42 heavy (non-hydrogen) atoms. The Labute approximate surface area is 262 Å². The second-order valence-electron chi connectivity index (χ2n) is 13.7. The summed E-state index contributed by atoms with van der Waals surface area (Å²) in [5.74, 6) is 4.76. The molecule has 0 heteroatoms. The van der Waals surface area contributed by atoms with Gasteiger partial charge in [-0.05, 0) is 163 Å². The topological polar surface area (TPSA) is 0 Å². The maximum Gasteiger partial charge on any atom is -0.0156 e. The third kappa shape index (κ3) is 7.23. The van der Waals surface area contributed by atoms with Gasteiger partial charge in [0.05, 0.1) is 0 Å². The SMILES string of the molecule is C.C.C.Cc1cc2c(cc1C)[C@@H](C)[C@@H](C)C2.Cc1ccc2c(c1C)C[C@@H](C)[C@H]2C.Cc1ccc2c(c1C)[C@@H](C)[C@@H](C)C2. The van der Waals surface area contributed by atoms with Gasteiger partial charge in [0.1, 0.15) is 0 Å². The summed E-state index contributed by atoms with van der Waals surface area (Å²) in [5, 5.41) is 0. The fourth-order valence-corrected chi connectivity index (χ4v) is 7.24. The Hall–Kier alpha value is -2.34. The highest BCUT2D eigenvalue weighted by Gasteiger charge is 2.28. The van der Waals surface area contributed by atoms with E-state index in [1.165, 1.54) is 52.6 Å². The number of benzene rings is 3. The van der Waals surface area contributed by atoms with Crippen molar-refractivity contribution in [3.63, 3.8) is 0 Å². The van der Waals surface area contributed by atoms with Crippen LogP contribution in [0.4, 0.5) is 0 Å². The van der Waals surface area contributed by atoms with Crippen molar-refractivity contribution in [2.24, 2.45) is 17.8 Å². The van der Waals surface area contributed by atoms with E-state index < -0.39 is 0 Å². The molecule has 0 saturated carbocycles. The summed E-state index contributed by atoms with van der Waals surface area (Å²) in [6, 6.07) is 13.9. The summed E-state index contributed by atoms with van der Waals surface area (Å²) < 4.78 is 0. The van der Waals surface area contributed by atoms with Gasteiger partial charge in [-0.1, -0.05) is 100 Å². The number of aryl methyl sites for hydroxylation is 4. The van der Waals surface area contributed by atoms with Gasteiger partial charge in [-0.15, -0.1) is 0 Å². The van der Waals surface area contributed by atoms with Crippen LogP contribution in [0.3, 0.4) is 0 Å². The molecule has 0 fully saturated rings. The van der Waals surface area contributed by atoms with E-state index in [0.29, 0.717) is 0 Å². The third-order valence-corrected chi connectivity index (χ3v) is 11.1. The van der Waals surface area contributed by atoms with Gasteiger partial charge in [0.15, 0.2) is 0 Å². The van der Waals surface area contributed by atoms with Crippen LogP contribution in [0.5, 0.6) is 0 Å². The van der Waals surface area contributed by atoms with E-state index in [0.717, 1.165) is 35.5 Å². The van der Waals surface area contributed by atoms with Crippen molar-refractivity contribution in [2.45, 2.75) is 142 Å². The van der Waals surface area contributed by atoms with Crippen LogP contribution >= 0.6 is 0 Å². The predicted molar refractivity (Wildman–Crippen MR) is 192 cm³/mol. The molecule has 0 spiro atoms. The van der Waals surface area contributed by atoms with Crippen LogP contribution in [-0.2, 0) is 19.3 Å². The number of fused-ring (bicyclic) bond motifs is 3. The van der Waals surface area contributed by atoms with Crippen molar-refractivity contribution in [1.82, 2.24) is 0 Å². The molecule has 6 rings (SSSR count). The van der Waals surface area contributed by atoms with Crippen molar-refractivity contribution in [3.8, 4) is 0 Å². The molecule has 6 atom stereocenters. The minimum Gasteiger partial charge on any atom is -0.0776 e. The maximum absolute atomic E-state index is 2.39. The molecule has 0 radical (unpaired) electrons. The molecule has 3 aromatic carbocycles. The molecule has 0 aromatic heterocycles. The lowest BCUT2D eigenvalue weighted by atomic mass is 9.92. The Morgan fingerprint density at radius 2 is 0.929 bits per heavy atom. The average molecular weight is 571 g/mol. The minimum atomic E-state index is 0. The van der Waals surface area contributed by atoms with Gasteiger partial charge >= 0.3 is 0 Å². The van der Waals surface area contributed by atoms with Gasteiger partial charge < -0.3 is 0 Å². The zero-order valence-electron chi connectivity index (χ0n) is 27.0. The van der Waals surface area contributed by atoms with Crippen molar-refractivity contribution in [1.29, 1.82) is 0 Å². The Morgan fingerprint density at radius 1 is 0.452 bits per heavy atom. The summed E-state index contributed by atoms with van der Waals surface area (Å²) >= 11 is 0. The first-order valence-electron chi connectivity index (χ1n) is 15.6. The van der Waals surface area contributed by atoms with Gasteiger partial charge in [-0.2, -0.15) is 0 Å². The van der Waals surface area contributed by atoms with E-state index in [4.69, 9.17) is 0 Å². The molecule has 0 N–H and O–H groups in total. The highest BCUT2D eigenvalue weighted by Crippen LogP contribution is 2.41. The number of rotatable bonds is 0. The van der Waals surface area contributed by atoms with Gasteiger partial charge in [0.25, 0.3) is 0 Å². The molecule has 0 amide bonds. The first-order chi connectivity index (χ1) is 18.3. The smallest absolute Gasteiger partial charge is 0.0156 e. The highest BCUT2D eigenvalue weighted by atomic mass is 14.3. The number of hydrogen-bond donors (Lipinski definition) is 0. The van der Waals surface area contributed by atoms with Crippen LogP contribution in [0.25, 0.3) is 0 Å². The van der Waals surface area contributed by atoms with Crippen molar-refractivity contribution >= 4 is 0 Å². The van der Waals surface area contributed by atoms with Gasteiger partial charge in [-0.3, -0.25) is 0 Å². The fraction of sp³-hybridized carbons (Fsp3) is 0.571. The molecule has 0 saturated heterocycles. The minimum absolute atomic E-state index is 0. The molecule has 0 bridgehead atoms. The van der Waals surface area contributed by atoms with E-state index in [-0.39, 0.29) is 22.3 Å². The van der Waals surface area contributed by atoms with Gasteiger partial charge in [0, 0.05) is 0 Å². The van der Waals surface area contributed by atoms with E-state index in [9.17, 15) is 0 Å². The average Bonchev–Trinajstić information content (AvgIpc) is 3.46. The van der Waals surface area contributed by atoms with Gasteiger partial charge in [0.2, 0.25) is 0 Å². The van der Waals surface area contributed by atoms with Crippen molar-refractivity contribution in [2.75, 3.05) is 0 Å². The van der Waals surface area contributed by atoms with Crippen LogP contribution in [0, 0.1) is 59.3 Å². The lowest BCUT2D eigenvalue weighted by Gasteiger charge is -2.13. The first kappa shape index (κ1) is 37.7. The van der Waals surface area contributed by atoms with Crippen LogP contribution in [-0.4, -0.2) is 0 Å². The van der Waals surface area contributed by atoms with E-state index in [1.807, 2.05) is 0 Å². The molecule has 0 nitrogen and oxygen atoms in total. The van der Waals surface area contributed by atoms with Crippen LogP contribution < -0.4 is 0 Å². The summed E-state index contributed by atoms with van der Waals surface area (Å²) in [7, 11) is 0. The molecular weight excluding hydrogens is 504 g/mol. The molecule has 0 aliphatic heterocycles. The Bertz CT molecular complexity index is 1340. The summed E-state index contributed by atoms with van der Waals surface area (Å²) in [6.07, 6.45) is 3.83. The molecule has 3 aromatic rings. The predicted octanol–water partition coefficient (Wildman–Crippen LogP) is 12.7. The lowest BCUT2D eigenvalue weighted by Crippen LogP contribution is -1.99. The third-order valence-electron chi connectivity index (χ3n) is 11.1. The highest BCUT2D eigenvalue weighted by molar-refractivity contribution is 5.46. The first-order valence-corrected chi connectivity index (χ1v) is 15.6. The van der Waals surface area contributed by atoms with Crippen LogP contribution in [0.2, 0.25) is 0 Å². The summed E-state index contributed by atoms with van der Waals surface area (Å²) in [6.45, 7) is 27.5. The lowest BCUT2D eigenvalue weighted by molar-refractivity contribution is 0.531. The Balaban J connectivity index is 0.000000304. The quantitative estimate of drug-likeness (QED) is 0.252. The van der Waals surface area contributed by atoms with E-state index in [1.54, 1.807) is 33.4 Å². The number of hydrogen-bond acceptors (Lipinski definition) is 0. The van der Waals surface area contributed by atoms with Crippen molar-refractivity contribution in [3.05, 3.63) is 103 Å². The summed E-state index contributed by atoms with van der Waals surface area (Å²) in [5.41, 5.74) is 18.4. The molecule has 0 unspecified atom stereocenters. The fourth-order valence-electron chi connectivity index (χ4n) is 7.24.